The van der Waals surface area contributed by atoms with Crippen molar-refractivity contribution in [2.45, 2.75) is 0 Å². The number of fused-ring (bicyclic) bond motifs is 1. The summed E-state index contributed by atoms with van der Waals surface area (Å²) in [6, 6.07) is 15.1. The standard InChI is InChI=1S/C21H20BrNO4/c22-16-7-5-15(6-8-16)19-20(26-14-11-23-9-12-25-13-10-23)17-3-1-2-4-18(17)27-21(19)24/h1-8H,9-14H2. The van der Waals surface area contributed by atoms with E-state index in [1.807, 2.05) is 42.5 Å². The summed E-state index contributed by atoms with van der Waals surface area (Å²) in [4.78, 5) is 15.0. The molecule has 0 amide bonds. The van der Waals surface area contributed by atoms with E-state index in [1.165, 1.54) is 0 Å². The highest BCUT2D eigenvalue weighted by atomic mass is 79.9. The number of benzene rings is 2. The lowest BCUT2D eigenvalue weighted by molar-refractivity contribution is 0.0323. The van der Waals surface area contributed by atoms with Gasteiger partial charge in [-0.3, -0.25) is 4.90 Å². The third-order valence-corrected chi connectivity index (χ3v) is 5.18. The molecule has 0 unspecified atom stereocenters. The number of hydrogen-bond acceptors (Lipinski definition) is 5. The minimum Gasteiger partial charge on any atom is -0.491 e. The molecule has 0 aliphatic carbocycles. The number of para-hydroxylation sites is 1. The summed E-state index contributed by atoms with van der Waals surface area (Å²) >= 11 is 3.43. The van der Waals surface area contributed by atoms with Crippen molar-refractivity contribution in [2.24, 2.45) is 0 Å². The number of rotatable bonds is 5. The fraction of sp³-hybridized carbons (Fsp3) is 0.286. The van der Waals surface area contributed by atoms with Crippen LogP contribution >= 0.6 is 15.9 Å². The Kier molecular flexibility index (Phi) is 5.57. The minimum atomic E-state index is -0.391. The molecule has 3 aromatic rings. The quantitative estimate of drug-likeness (QED) is 0.575. The van der Waals surface area contributed by atoms with Crippen LogP contribution in [0.3, 0.4) is 0 Å². The number of nitrogens with zero attached hydrogens (tertiary/aromatic N) is 1. The molecule has 4 rings (SSSR count). The zero-order valence-electron chi connectivity index (χ0n) is 14.8. The van der Waals surface area contributed by atoms with Crippen molar-refractivity contribution in [1.82, 2.24) is 4.90 Å². The molecule has 2 heterocycles. The molecule has 0 radical (unpaired) electrons. The second kappa shape index (κ2) is 8.25. The van der Waals surface area contributed by atoms with Crippen molar-refractivity contribution in [3.05, 3.63) is 63.4 Å². The van der Waals surface area contributed by atoms with Gasteiger partial charge < -0.3 is 13.9 Å². The Hall–Kier alpha value is -2.15. The molecule has 2 aromatic carbocycles. The van der Waals surface area contributed by atoms with Crippen LogP contribution in [0.4, 0.5) is 0 Å². The van der Waals surface area contributed by atoms with E-state index in [0.29, 0.717) is 23.5 Å². The van der Waals surface area contributed by atoms with Gasteiger partial charge in [-0.2, -0.15) is 0 Å². The van der Waals surface area contributed by atoms with Crippen molar-refractivity contribution >= 4 is 26.9 Å². The van der Waals surface area contributed by atoms with Crippen LogP contribution in [0.25, 0.3) is 22.1 Å². The van der Waals surface area contributed by atoms with Gasteiger partial charge in [0.1, 0.15) is 23.5 Å². The van der Waals surface area contributed by atoms with E-state index in [1.54, 1.807) is 6.07 Å². The van der Waals surface area contributed by atoms with Gasteiger partial charge >= 0.3 is 5.63 Å². The molecule has 0 atom stereocenters. The molecule has 0 bridgehead atoms. The van der Waals surface area contributed by atoms with E-state index in [9.17, 15) is 4.79 Å². The van der Waals surface area contributed by atoms with Crippen LogP contribution in [-0.4, -0.2) is 44.4 Å². The molecule has 1 aromatic heterocycles. The van der Waals surface area contributed by atoms with Gasteiger partial charge in [0.25, 0.3) is 0 Å². The van der Waals surface area contributed by atoms with Crippen molar-refractivity contribution in [2.75, 3.05) is 39.5 Å². The lowest BCUT2D eigenvalue weighted by Gasteiger charge is -2.26. The predicted octanol–water partition coefficient (Wildman–Crippen LogP) is 3.93. The zero-order valence-corrected chi connectivity index (χ0v) is 16.4. The second-order valence-corrected chi connectivity index (χ2v) is 7.31. The van der Waals surface area contributed by atoms with Crippen LogP contribution in [0.15, 0.2) is 62.2 Å². The summed E-state index contributed by atoms with van der Waals surface area (Å²) in [5.41, 5.74) is 1.38. The fourth-order valence-electron chi connectivity index (χ4n) is 3.24. The monoisotopic (exact) mass is 429 g/mol. The van der Waals surface area contributed by atoms with Crippen LogP contribution in [0.5, 0.6) is 5.75 Å². The second-order valence-electron chi connectivity index (χ2n) is 6.40. The highest BCUT2D eigenvalue weighted by molar-refractivity contribution is 9.10. The average molecular weight is 430 g/mol. The van der Waals surface area contributed by atoms with E-state index in [-0.39, 0.29) is 0 Å². The highest BCUT2D eigenvalue weighted by Gasteiger charge is 2.18. The number of ether oxygens (including phenoxy) is 2. The Morgan fingerprint density at radius 2 is 1.78 bits per heavy atom. The van der Waals surface area contributed by atoms with Gasteiger partial charge in [0, 0.05) is 24.1 Å². The van der Waals surface area contributed by atoms with Gasteiger partial charge in [0.05, 0.1) is 18.6 Å². The number of hydrogen-bond donors (Lipinski definition) is 0. The van der Waals surface area contributed by atoms with Crippen LogP contribution in [0, 0.1) is 0 Å². The Morgan fingerprint density at radius 1 is 1.04 bits per heavy atom. The first kappa shape index (κ1) is 18.2. The number of morpholine rings is 1. The molecular weight excluding hydrogens is 410 g/mol. The lowest BCUT2D eigenvalue weighted by Crippen LogP contribution is -2.38. The number of halogens is 1. The molecule has 1 fully saturated rings. The van der Waals surface area contributed by atoms with Crippen LogP contribution in [-0.2, 0) is 4.74 Å². The molecule has 140 valence electrons. The summed E-state index contributed by atoms with van der Waals surface area (Å²) in [5.74, 6) is 0.581. The molecule has 0 spiro atoms. The van der Waals surface area contributed by atoms with E-state index >= 15 is 0 Å². The van der Waals surface area contributed by atoms with Gasteiger partial charge in [0.2, 0.25) is 0 Å². The summed E-state index contributed by atoms with van der Waals surface area (Å²) in [5, 5.41) is 0.803. The third kappa shape index (κ3) is 4.08. The first-order valence-corrected chi connectivity index (χ1v) is 9.76. The van der Waals surface area contributed by atoms with Gasteiger partial charge in [0.15, 0.2) is 0 Å². The van der Waals surface area contributed by atoms with Gasteiger partial charge in [-0.15, -0.1) is 0 Å². The Bertz CT molecular complexity index is 978. The minimum absolute atomic E-state index is 0.391. The van der Waals surface area contributed by atoms with Crippen molar-refractivity contribution in [3.8, 4) is 16.9 Å². The first-order valence-electron chi connectivity index (χ1n) is 8.97. The summed E-state index contributed by atoms with van der Waals surface area (Å²) in [7, 11) is 0. The predicted molar refractivity (Wildman–Crippen MR) is 108 cm³/mol. The van der Waals surface area contributed by atoms with Crippen LogP contribution < -0.4 is 10.4 Å². The van der Waals surface area contributed by atoms with Crippen LogP contribution in [0.2, 0.25) is 0 Å². The molecule has 0 saturated carbocycles. The van der Waals surface area contributed by atoms with Gasteiger partial charge in [-0.25, -0.2) is 4.79 Å². The molecule has 1 aliphatic rings. The van der Waals surface area contributed by atoms with Crippen molar-refractivity contribution < 1.29 is 13.9 Å². The molecule has 0 N–H and O–H groups in total. The Morgan fingerprint density at radius 3 is 2.56 bits per heavy atom. The van der Waals surface area contributed by atoms with Crippen molar-refractivity contribution in [3.63, 3.8) is 0 Å². The maximum absolute atomic E-state index is 12.7. The molecule has 1 saturated heterocycles. The Labute approximate surface area is 165 Å². The van der Waals surface area contributed by atoms with E-state index in [0.717, 1.165) is 48.3 Å². The highest BCUT2D eigenvalue weighted by Crippen LogP contribution is 2.34. The largest absolute Gasteiger partial charge is 0.491 e. The molecule has 27 heavy (non-hydrogen) atoms. The topological polar surface area (TPSA) is 51.9 Å². The molecular formula is C21H20BrNO4. The first-order chi connectivity index (χ1) is 13.2. The zero-order chi connectivity index (χ0) is 18.6. The van der Waals surface area contributed by atoms with Gasteiger partial charge in [-0.1, -0.05) is 40.2 Å². The van der Waals surface area contributed by atoms with Crippen LogP contribution in [0.1, 0.15) is 0 Å². The van der Waals surface area contributed by atoms with E-state index in [4.69, 9.17) is 13.9 Å². The molecule has 6 heteroatoms. The average Bonchev–Trinajstić information content (AvgIpc) is 2.70. The lowest BCUT2D eigenvalue weighted by atomic mass is 10.0. The fourth-order valence-corrected chi connectivity index (χ4v) is 3.50. The van der Waals surface area contributed by atoms with Crippen molar-refractivity contribution in [1.29, 1.82) is 0 Å². The summed E-state index contributed by atoms with van der Waals surface area (Å²) in [6.07, 6.45) is 0. The van der Waals surface area contributed by atoms with Gasteiger partial charge in [-0.05, 0) is 29.8 Å². The molecule has 1 aliphatic heterocycles. The maximum atomic E-state index is 12.7. The SMILES string of the molecule is O=c1oc2ccccc2c(OCCN2CCOCC2)c1-c1ccc(Br)cc1. The normalized spacial score (nSPS) is 15.1. The third-order valence-electron chi connectivity index (χ3n) is 4.66. The smallest absolute Gasteiger partial charge is 0.347 e. The summed E-state index contributed by atoms with van der Waals surface area (Å²) < 4.78 is 18.0. The van der Waals surface area contributed by atoms with E-state index < -0.39 is 5.63 Å². The Balaban J connectivity index is 1.70. The summed E-state index contributed by atoms with van der Waals surface area (Å²) in [6.45, 7) is 4.60. The molecule has 5 nitrogen and oxygen atoms in total. The maximum Gasteiger partial charge on any atom is 0.347 e. The van der Waals surface area contributed by atoms with E-state index in [2.05, 4.69) is 20.8 Å².